The zero-order valence-corrected chi connectivity index (χ0v) is 19.9. The molecule has 0 spiro atoms. The van der Waals surface area contributed by atoms with E-state index in [0.717, 1.165) is 35.5 Å². The molecule has 4 rings (SSSR count). The van der Waals surface area contributed by atoms with E-state index in [1.54, 1.807) is 12.3 Å². The number of benzene rings is 3. The van der Waals surface area contributed by atoms with Crippen LogP contribution in [0.4, 0.5) is 5.69 Å². The molecule has 4 aromatic rings. The van der Waals surface area contributed by atoms with Crippen LogP contribution in [0.15, 0.2) is 90.0 Å². The van der Waals surface area contributed by atoms with Crippen molar-refractivity contribution in [2.75, 3.05) is 18.0 Å². The summed E-state index contributed by atoms with van der Waals surface area (Å²) in [6.07, 6.45) is 1.62. The molecule has 1 amide bonds. The normalized spacial score (nSPS) is 10.9. The Morgan fingerprint density at radius 3 is 2.46 bits per heavy atom. The van der Waals surface area contributed by atoms with E-state index in [1.807, 2.05) is 66.7 Å². The summed E-state index contributed by atoms with van der Waals surface area (Å²) in [4.78, 5) is 14.8. The van der Waals surface area contributed by atoms with Crippen molar-refractivity contribution in [3.63, 3.8) is 0 Å². The highest BCUT2D eigenvalue weighted by molar-refractivity contribution is 5.94. The van der Waals surface area contributed by atoms with Gasteiger partial charge in [-0.05, 0) is 55.3 Å². The van der Waals surface area contributed by atoms with E-state index in [2.05, 4.69) is 51.6 Å². The summed E-state index contributed by atoms with van der Waals surface area (Å²) in [5, 5.41) is 11.2. The van der Waals surface area contributed by atoms with Crippen molar-refractivity contribution in [2.24, 2.45) is 5.10 Å². The Bertz CT molecular complexity index is 1260. The van der Waals surface area contributed by atoms with E-state index < -0.39 is 0 Å². The second kappa shape index (κ2) is 11.7. The number of ether oxygens (including phenoxy) is 1. The molecule has 35 heavy (non-hydrogen) atoms. The van der Waals surface area contributed by atoms with Crippen LogP contribution in [-0.2, 0) is 6.61 Å². The van der Waals surface area contributed by atoms with E-state index in [4.69, 9.17) is 4.74 Å². The van der Waals surface area contributed by atoms with Gasteiger partial charge >= 0.3 is 0 Å². The molecule has 1 aromatic heterocycles. The van der Waals surface area contributed by atoms with Crippen molar-refractivity contribution in [3.8, 4) is 17.0 Å². The van der Waals surface area contributed by atoms with Crippen LogP contribution >= 0.6 is 0 Å². The third-order valence-corrected chi connectivity index (χ3v) is 5.62. The second-order valence-corrected chi connectivity index (χ2v) is 7.90. The SMILES string of the molecule is CCN(CC)c1ccc(/C=N/NC(=O)c2cc(-c3ccccc3OCc3ccccc3)n[nH]2)cc1. The van der Waals surface area contributed by atoms with Gasteiger partial charge in [0.25, 0.3) is 5.91 Å². The van der Waals surface area contributed by atoms with Gasteiger partial charge in [0.15, 0.2) is 0 Å². The Morgan fingerprint density at radius 2 is 1.71 bits per heavy atom. The molecule has 0 saturated heterocycles. The van der Waals surface area contributed by atoms with Crippen LogP contribution in [0.5, 0.6) is 5.75 Å². The predicted octanol–water partition coefficient (Wildman–Crippen LogP) is 5.27. The van der Waals surface area contributed by atoms with Gasteiger partial charge in [0.2, 0.25) is 0 Å². The molecule has 0 bridgehead atoms. The number of rotatable bonds is 10. The zero-order valence-electron chi connectivity index (χ0n) is 19.9. The van der Waals surface area contributed by atoms with Crippen LogP contribution in [0.25, 0.3) is 11.3 Å². The molecule has 7 heteroatoms. The van der Waals surface area contributed by atoms with Crippen molar-refractivity contribution in [3.05, 3.63) is 102 Å². The molecule has 0 aliphatic heterocycles. The number of nitrogens with one attached hydrogen (secondary N) is 2. The summed E-state index contributed by atoms with van der Waals surface area (Å²) in [6, 6.07) is 27.3. The van der Waals surface area contributed by atoms with Crippen molar-refractivity contribution < 1.29 is 9.53 Å². The van der Waals surface area contributed by atoms with E-state index in [9.17, 15) is 4.79 Å². The highest BCUT2D eigenvalue weighted by atomic mass is 16.5. The van der Waals surface area contributed by atoms with Crippen LogP contribution in [0, 0.1) is 0 Å². The summed E-state index contributed by atoms with van der Waals surface area (Å²) in [5.41, 5.74) is 7.42. The number of carbonyl (C=O) groups is 1. The van der Waals surface area contributed by atoms with Crippen molar-refractivity contribution in [2.45, 2.75) is 20.5 Å². The lowest BCUT2D eigenvalue weighted by Gasteiger charge is -2.20. The third kappa shape index (κ3) is 6.14. The highest BCUT2D eigenvalue weighted by Gasteiger charge is 2.14. The lowest BCUT2D eigenvalue weighted by atomic mass is 10.1. The van der Waals surface area contributed by atoms with E-state index in [-0.39, 0.29) is 5.91 Å². The average Bonchev–Trinajstić information content (AvgIpc) is 3.40. The Labute approximate surface area is 205 Å². The fraction of sp³-hybridized carbons (Fsp3) is 0.179. The molecule has 178 valence electrons. The highest BCUT2D eigenvalue weighted by Crippen LogP contribution is 2.29. The number of hydrazone groups is 1. The first-order valence-electron chi connectivity index (χ1n) is 11.7. The largest absolute Gasteiger partial charge is 0.488 e. The number of nitrogens with zero attached hydrogens (tertiary/aromatic N) is 3. The molecule has 0 saturated carbocycles. The maximum Gasteiger partial charge on any atom is 0.289 e. The lowest BCUT2D eigenvalue weighted by Crippen LogP contribution is -2.21. The van der Waals surface area contributed by atoms with Crippen molar-refractivity contribution in [1.82, 2.24) is 15.6 Å². The number of aromatic nitrogens is 2. The van der Waals surface area contributed by atoms with E-state index >= 15 is 0 Å². The first-order valence-corrected chi connectivity index (χ1v) is 11.7. The minimum Gasteiger partial charge on any atom is -0.488 e. The Kier molecular flexibility index (Phi) is 7.91. The summed E-state index contributed by atoms with van der Waals surface area (Å²) in [6.45, 7) is 6.61. The van der Waals surface area contributed by atoms with Gasteiger partial charge in [0.1, 0.15) is 18.1 Å². The second-order valence-electron chi connectivity index (χ2n) is 7.90. The van der Waals surface area contributed by atoms with Gasteiger partial charge in [-0.2, -0.15) is 10.2 Å². The van der Waals surface area contributed by atoms with E-state index in [0.29, 0.717) is 23.7 Å². The maximum atomic E-state index is 12.6. The average molecular weight is 468 g/mol. The van der Waals surface area contributed by atoms with Gasteiger partial charge < -0.3 is 9.64 Å². The van der Waals surface area contributed by atoms with Gasteiger partial charge in [-0.3, -0.25) is 9.89 Å². The molecule has 7 nitrogen and oxygen atoms in total. The topological polar surface area (TPSA) is 82.6 Å². The molecule has 3 aromatic carbocycles. The van der Waals surface area contributed by atoms with Crippen molar-refractivity contribution in [1.29, 1.82) is 0 Å². The fourth-order valence-electron chi connectivity index (χ4n) is 3.70. The van der Waals surface area contributed by atoms with Crippen LogP contribution in [-0.4, -0.2) is 35.4 Å². The summed E-state index contributed by atoms with van der Waals surface area (Å²) >= 11 is 0. The van der Waals surface area contributed by atoms with Gasteiger partial charge in [-0.15, -0.1) is 0 Å². The van der Waals surface area contributed by atoms with Crippen LogP contribution in [0.1, 0.15) is 35.5 Å². The van der Waals surface area contributed by atoms with Gasteiger partial charge in [-0.25, -0.2) is 5.43 Å². The number of carbonyl (C=O) groups excluding carboxylic acids is 1. The van der Waals surface area contributed by atoms with Gasteiger partial charge in [0, 0.05) is 24.3 Å². The molecule has 0 atom stereocenters. The number of H-pyrrole nitrogens is 1. The first kappa shape index (κ1) is 23.8. The summed E-state index contributed by atoms with van der Waals surface area (Å²) in [5.74, 6) is 0.323. The number of para-hydroxylation sites is 1. The molecular weight excluding hydrogens is 438 g/mol. The molecule has 0 fully saturated rings. The monoisotopic (exact) mass is 467 g/mol. The lowest BCUT2D eigenvalue weighted by molar-refractivity contribution is 0.0950. The van der Waals surface area contributed by atoms with Gasteiger partial charge in [0.05, 0.1) is 11.9 Å². The van der Waals surface area contributed by atoms with Crippen LogP contribution in [0.3, 0.4) is 0 Å². The third-order valence-electron chi connectivity index (χ3n) is 5.62. The molecule has 0 unspecified atom stereocenters. The fourth-order valence-corrected chi connectivity index (χ4v) is 3.70. The molecule has 2 N–H and O–H groups in total. The number of aromatic amines is 1. The molecule has 0 aliphatic rings. The molecular formula is C28H29N5O2. The minimum absolute atomic E-state index is 0.312. The quantitative estimate of drug-likeness (QED) is 0.246. The Balaban J connectivity index is 1.38. The predicted molar refractivity (Wildman–Crippen MR) is 140 cm³/mol. The van der Waals surface area contributed by atoms with Crippen LogP contribution in [0.2, 0.25) is 0 Å². The van der Waals surface area contributed by atoms with E-state index in [1.165, 1.54) is 0 Å². The smallest absolute Gasteiger partial charge is 0.289 e. The number of hydrogen-bond acceptors (Lipinski definition) is 5. The molecule has 0 aliphatic carbocycles. The summed E-state index contributed by atoms with van der Waals surface area (Å²) in [7, 11) is 0. The number of amides is 1. The Morgan fingerprint density at radius 1 is 1.00 bits per heavy atom. The maximum absolute atomic E-state index is 12.6. The van der Waals surface area contributed by atoms with Crippen LogP contribution < -0.4 is 15.1 Å². The first-order chi connectivity index (χ1) is 17.2. The minimum atomic E-state index is -0.373. The number of hydrogen-bond donors (Lipinski definition) is 2. The molecule has 0 radical (unpaired) electrons. The Hall–Kier alpha value is -4.39. The van der Waals surface area contributed by atoms with Gasteiger partial charge in [-0.1, -0.05) is 54.6 Å². The summed E-state index contributed by atoms with van der Waals surface area (Å²) < 4.78 is 6.02. The molecule has 1 heterocycles. The number of anilines is 1. The zero-order chi connectivity index (χ0) is 24.5. The standard InChI is InChI=1S/C28H29N5O2/c1-3-33(4-2)23-16-14-21(15-17-23)19-29-32-28(34)26-18-25(30-31-26)24-12-8-9-13-27(24)35-20-22-10-6-5-7-11-22/h5-19H,3-4,20H2,1-2H3,(H,30,31)(H,32,34)/b29-19+. The van der Waals surface area contributed by atoms with Crippen molar-refractivity contribution >= 4 is 17.8 Å².